The predicted octanol–water partition coefficient (Wildman–Crippen LogP) is 7.40. The Balaban J connectivity index is 1.42. The van der Waals surface area contributed by atoms with E-state index in [0.29, 0.717) is 5.56 Å². The summed E-state index contributed by atoms with van der Waals surface area (Å²) in [6.07, 6.45) is 0. The summed E-state index contributed by atoms with van der Waals surface area (Å²) in [5.74, 6) is 0. The molecule has 4 heterocycles. The first-order valence-corrected chi connectivity index (χ1v) is 15.0. The van der Waals surface area contributed by atoms with Gasteiger partial charge in [0.2, 0.25) is 0 Å². The lowest BCUT2D eigenvalue weighted by molar-refractivity contribution is 1.15. The van der Waals surface area contributed by atoms with Gasteiger partial charge in [0.25, 0.3) is 6.71 Å². The molecule has 192 valence electrons. The third-order valence-corrected chi connectivity index (χ3v) is 10.3. The molecule has 6 aromatic carbocycles. The Morgan fingerprint density at radius 3 is 2.33 bits per heavy atom. The van der Waals surface area contributed by atoms with Crippen molar-refractivity contribution in [3.05, 3.63) is 127 Å². The molecular weight excluding hydrogens is 529 g/mol. The van der Waals surface area contributed by atoms with E-state index in [1.807, 2.05) is 30.0 Å². The van der Waals surface area contributed by atoms with Crippen molar-refractivity contribution in [1.82, 2.24) is 4.57 Å². The van der Waals surface area contributed by atoms with Crippen LogP contribution in [0.4, 0.5) is 17.1 Å². The summed E-state index contributed by atoms with van der Waals surface area (Å²) in [5, 5.41) is 12.3. The highest BCUT2D eigenvalue weighted by molar-refractivity contribution is 7.99. The van der Waals surface area contributed by atoms with Gasteiger partial charge < -0.3 is 9.47 Å². The molecule has 0 radical (unpaired) electrons. The van der Waals surface area contributed by atoms with Gasteiger partial charge >= 0.3 is 0 Å². The molecule has 0 spiro atoms. The van der Waals surface area contributed by atoms with Crippen molar-refractivity contribution in [3.8, 4) is 22.9 Å². The molecule has 0 fully saturated rings. The first kappa shape index (κ1) is 22.5. The molecule has 0 aliphatic carbocycles. The maximum atomic E-state index is 9.72. The Hall–Kier alpha value is -5.18. The summed E-state index contributed by atoms with van der Waals surface area (Å²) in [7, 11) is 0. The number of nitriles is 1. The van der Waals surface area contributed by atoms with Crippen LogP contribution in [-0.4, -0.2) is 11.3 Å². The quantitative estimate of drug-likeness (QED) is 0.200. The highest BCUT2D eigenvalue weighted by Gasteiger charge is 2.44. The summed E-state index contributed by atoms with van der Waals surface area (Å²) in [6.45, 7) is 0.118. The fraction of sp³-hybridized carbons (Fsp3) is 0. The number of benzene rings is 6. The molecule has 0 N–H and O–H groups in total. The molecule has 5 heteroatoms. The molecule has 0 saturated heterocycles. The number of para-hydroxylation sites is 4. The Labute approximate surface area is 247 Å². The standard InChI is InChI=1S/C37H20BN3S/c39-21-22-8-5-9-23(18-22)24-19-31-35-32(20-24)41-30-15-3-4-16-33(30)42-34-17-7-13-28(37(34)41)38(35)27-12-6-11-26-25-10-1-2-14-29(25)40(31)36(26)27/h1-20H. The average molecular weight is 549 g/mol. The smallest absolute Gasteiger partial charge is 0.252 e. The topological polar surface area (TPSA) is 32.0 Å². The number of nitrogens with zero attached hydrogens (tertiary/aromatic N) is 3. The van der Waals surface area contributed by atoms with Gasteiger partial charge in [-0.15, -0.1) is 0 Å². The zero-order valence-electron chi connectivity index (χ0n) is 22.4. The van der Waals surface area contributed by atoms with Crippen molar-refractivity contribution in [2.24, 2.45) is 0 Å². The Bertz CT molecular complexity index is 2380. The van der Waals surface area contributed by atoms with Crippen molar-refractivity contribution in [3.63, 3.8) is 0 Å². The molecule has 0 atom stereocenters. The molecule has 0 bridgehead atoms. The molecule has 3 aliphatic heterocycles. The summed E-state index contributed by atoms with van der Waals surface area (Å²) in [4.78, 5) is 5.05. The molecule has 10 rings (SSSR count). The van der Waals surface area contributed by atoms with Crippen LogP contribution in [0.5, 0.6) is 0 Å². The number of fused-ring (bicyclic) bond motifs is 9. The van der Waals surface area contributed by atoms with E-state index in [9.17, 15) is 5.26 Å². The number of hydrogen-bond acceptors (Lipinski definition) is 3. The van der Waals surface area contributed by atoms with Gasteiger partial charge in [0, 0.05) is 37.5 Å². The largest absolute Gasteiger partial charge is 0.310 e. The minimum atomic E-state index is 0.118. The van der Waals surface area contributed by atoms with E-state index in [4.69, 9.17) is 0 Å². The second-order valence-electron chi connectivity index (χ2n) is 11.2. The van der Waals surface area contributed by atoms with Crippen molar-refractivity contribution in [2.75, 3.05) is 4.90 Å². The highest BCUT2D eigenvalue weighted by Crippen LogP contribution is 2.53. The Morgan fingerprint density at radius 1 is 0.619 bits per heavy atom. The van der Waals surface area contributed by atoms with Crippen LogP contribution in [0.3, 0.4) is 0 Å². The van der Waals surface area contributed by atoms with Gasteiger partial charge in [-0.3, -0.25) is 0 Å². The van der Waals surface area contributed by atoms with Gasteiger partial charge in [-0.1, -0.05) is 84.6 Å². The van der Waals surface area contributed by atoms with Gasteiger partial charge in [-0.2, -0.15) is 5.26 Å². The first-order chi connectivity index (χ1) is 20.8. The molecule has 0 unspecified atom stereocenters. The molecule has 0 saturated carbocycles. The highest BCUT2D eigenvalue weighted by atomic mass is 32.2. The van der Waals surface area contributed by atoms with Crippen LogP contribution in [-0.2, 0) is 0 Å². The molecular formula is C37H20BN3S. The number of rotatable bonds is 1. The number of hydrogen-bond donors (Lipinski definition) is 0. The van der Waals surface area contributed by atoms with Crippen LogP contribution in [0.1, 0.15) is 5.56 Å². The van der Waals surface area contributed by atoms with Crippen LogP contribution in [0.15, 0.2) is 131 Å². The van der Waals surface area contributed by atoms with Gasteiger partial charge in [-0.05, 0) is 76.0 Å². The van der Waals surface area contributed by atoms with E-state index in [1.54, 1.807) is 0 Å². The SMILES string of the molecule is N#Cc1cccc(-c2cc3c4c(c2)-n2c5ccccc5c5cccc(c52)B4c2cccc4c2N3c2ccccc2S4)c1. The summed E-state index contributed by atoms with van der Waals surface area (Å²) >= 11 is 1.86. The molecule has 42 heavy (non-hydrogen) atoms. The van der Waals surface area contributed by atoms with Crippen LogP contribution < -0.4 is 21.3 Å². The zero-order chi connectivity index (χ0) is 27.5. The van der Waals surface area contributed by atoms with E-state index in [-0.39, 0.29) is 6.71 Å². The number of anilines is 3. The first-order valence-electron chi connectivity index (χ1n) is 14.2. The Kier molecular flexibility index (Phi) is 4.27. The normalized spacial score (nSPS) is 13.5. The van der Waals surface area contributed by atoms with E-state index in [2.05, 4.69) is 119 Å². The van der Waals surface area contributed by atoms with E-state index < -0.39 is 0 Å². The zero-order valence-corrected chi connectivity index (χ0v) is 23.2. The molecule has 3 nitrogen and oxygen atoms in total. The van der Waals surface area contributed by atoms with Crippen molar-refractivity contribution >= 4 is 73.7 Å². The average Bonchev–Trinajstić information content (AvgIpc) is 3.39. The second-order valence-corrected chi connectivity index (χ2v) is 12.3. The number of aromatic nitrogens is 1. The van der Waals surface area contributed by atoms with E-state index >= 15 is 0 Å². The second kappa shape index (κ2) is 7.97. The third-order valence-electron chi connectivity index (χ3n) is 9.16. The minimum absolute atomic E-state index is 0.118. The van der Waals surface area contributed by atoms with Crippen molar-refractivity contribution in [1.29, 1.82) is 5.26 Å². The fourth-order valence-electron chi connectivity index (χ4n) is 7.54. The van der Waals surface area contributed by atoms with E-state index in [1.165, 1.54) is 70.7 Å². The van der Waals surface area contributed by atoms with Crippen molar-refractivity contribution in [2.45, 2.75) is 9.79 Å². The lowest BCUT2D eigenvalue weighted by atomic mass is 9.33. The van der Waals surface area contributed by atoms with Crippen molar-refractivity contribution < 1.29 is 0 Å². The van der Waals surface area contributed by atoms with Crippen LogP contribution in [0.2, 0.25) is 0 Å². The minimum Gasteiger partial charge on any atom is -0.310 e. The predicted molar refractivity (Wildman–Crippen MR) is 174 cm³/mol. The summed E-state index contributed by atoms with van der Waals surface area (Å²) in [6, 6.07) is 46.2. The molecule has 3 aliphatic rings. The van der Waals surface area contributed by atoms with Crippen LogP contribution in [0, 0.1) is 11.3 Å². The lowest BCUT2D eigenvalue weighted by Crippen LogP contribution is -2.60. The van der Waals surface area contributed by atoms with Gasteiger partial charge in [0.15, 0.2) is 0 Å². The fourth-order valence-corrected chi connectivity index (χ4v) is 8.64. The van der Waals surface area contributed by atoms with Crippen LogP contribution in [0.25, 0.3) is 38.6 Å². The third kappa shape index (κ3) is 2.73. The lowest BCUT2D eigenvalue weighted by Gasteiger charge is -2.43. The Morgan fingerprint density at radius 2 is 1.38 bits per heavy atom. The van der Waals surface area contributed by atoms with E-state index in [0.717, 1.165) is 11.1 Å². The molecule has 1 aromatic heterocycles. The van der Waals surface area contributed by atoms with Gasteiger partial charge in [0.05, 0.1) is 28.5 Å². The molecule has 7 aromatic rings. The summed E-state index contributed by atoms with van der Waals surface area (Å²) in [5.41, 5.74) is 14.3. The summed E-state index contributed by atoms with van der Waals surface area (Å²) < 4.78 is 2.49. The maximum absolute atomic E-state index is 9.72. The van der Waals surface area contributed by atoms with Gasteiger partial charge in [0.1, 0.15) is 0 Å². The maximum Gasteiger partial charge on any atom is 0.252 e. The molecule has 0 amide bonds. The van der Waals surface area contributed by atoms with Crippen LogP contribution >= 0.6 is 11.8 Å². The van der Waals surface area contributed by atoms with Gasteiger partial charge in [-0.25, -0.2) is 0 Å². The monoisotopic (exact) mass is 549 g/mol.